The first-order valence-electron chi connectivity index (χ1n) is 14.6. The van der Waals surface area contributed by atoms with Crippen molar-refractivity contribution in [2.24, 2.45) is 20.5 Å². The maximum absolute atomic E-state index is 13.4. The molecule has 6 rings (SSSR count). The minimum atomic E-state index is -5.26. The summed E-state index contributed by atoms with van der Waals surface area (Å²) in [5.41, 5.74) is -0.210. The second-order valence-corrected chi connectivity index (χ2v) is 15.2. The third kappa shape index (κ3) is 9.86. The van der Waals surface area contributed by atoms with Gasteiger partial charge in [-0.2, -0.15) is 15.3 Å². The number of para-hydroxylation sites is 1. The van der Waals surface area contributed by atoms with Crippen LogP contribution in [0.5, 0.6) is 11.5 Å². The number of benzene rings is 6. The third-order valence-electron chi connectivity index (χ3n) is 7.61. The van der Waals surface area contributed by atoms with Crippen molar-refractivity contribution < 1.29 is 66.2 Å². The molecule has 0 heterocycles. The molecule has 1 radical (unpaired) electrons. The number of fused-ring (bicyclic) bond motifs is 2. The number of azo groups is 2. The van der Waals surface area contributed by atoms with Crippen LogP contribution in [0.2, 0.25) is 0 Å². The molecule has 0 amide bonds. The van der Waals surface area contributed by atoms with Crippen LogP contribution in [0.25, 0.3) is 21.5 Å². The summed E-state index contributed by atoms with van der Waals surface area (Å²) < 4.78 is 108. The molecule has 13 N–H and O–H groups in total. The van der Waals surface area contributed by atoms with E-state index in [1.165, 1.54) is 19.1 Å². The van der Waals surface area contributed by atoms with Gasteiger partial charge < -0.3 is 47.6 Å². The third-order valence-corrected chi connectivity index (χ3v) is 10.2. The zero-order valence-corrected chi connectivity index (χ0v) is 32.9. The Morgan fingerprint density at radius 2 is 1.16 bits per heavy atom. The smallest absolute Gasteiger partial charge is 0.871 e. The van der Waals surface area contributed by atoms with Gasteiger partial charge in [-0.3, -0.25) is 0 Å². The number of quaternary nitrogens is 3. The van der Waals surface area contributed by atoms with Gasteiger partial charge >= 0.3 is 17.1 Å². The van der Waals surface area contributed by atoms with Crippen LogP contribution in [0.4, 0.5) is 34.1 Å². The first-order valence-corrected chi connectivity index (χ1v) is 18.8. The monoisotopic (exact) mass is 875 g/mol. The number of anilines is 2. The van der Waals surface area contributed by atoms with E-state index in [0.717, 1.165) is 48.5 Å². The molecule has 0 aliphatic rings. The predicted octanol–water partition coefficient (Wildman–Crippen LogP) is 6.86. The van der Waals surface area contributed by atoms with E-state index in [4.69, 9.17) is 0 Å². The Labute approximate surface area is 330 Å². The van der Waals surface area contributed by atoms with E-state index >= 15 is 0 Å². The molecular weight excluding hydrogens is 844 g/mol. The molecule has 6 aromatic rings. The van der Waals surface area contributed by atoms with E-state index in [1.54, 1.807) is 30.3 Å². The largest absolute Gasteiger partial charge is 2.00 e. The van der Waals surface area contributed by atoms with E-state index in [2.05, 4.69) is 25.8 Å². The van der Waals surface area contributed by atoms with Crippen LogP contribution in [0.15, 0.2) is 132 Å². The summed E-state index contributed by atoms with van der Waals surface area (Å²) in [4.78, 5) is -2.62. The molecule has 0 spiro atoms. The van der Waals surface area contributed by atoms with E-state index in [9.17, 15) is 49.1 Å². The van der Waals surface area contributed by atoms with E-state index in [0.29, 0.717) is 11.4 Å². The van der Waals surface area contributed by atoms with Crippen molar-refractivity contribution in [3.8, 4) is 11.5 Å². The Kier molecular flexibility index (Phi) is 14.7. The Bertz CT molecular complexity index is 2850. The Morgan fingerprint density at radius 3 is 1.79 bits per heavy atom. The van der Waals surface area contributed by atoms with Crippen LogP contribution < -0.4 is 34.0 Å². The molecule has 6 aromatic carbocycles. The van der Waals surface area contributed by atoms with Crippen LogP contribution in [0.1, 0.15) is 5.56 Å². The standard InChI is InChI=1S/C33H25N5O11S3.Cu.3H3N/c1-18-12-27(28(39)17-26(18)36-35-22-15-25-24(30(16-22)51(44,45)46)8-5-9-29(25)50(41,42)43)37-38-32-31(52(47,48)49)14-19-13-21(10-11-23(19)33(32)40)34-20-6-3-2-4-7-20;;;;/h2-17,34,39-40H,1H3,(H,41,42,43)(H,44,45,46)(H,47,48,49);;3*1H3/q;+2;;;/p-2. The van der Waals surface area contributed by atoms with E-state index in [1.807, 2.05) is 6.07 Å². The van der Waals surface area contributed by atoms with Gasteiger partial charge in [0.1, 0.15) is 30.4 Å². The summed E-state index contributed by atoms with van der Waals surface area (Å²) >= 11 is 0. The van der Waals surface area contributed by atoms with Crippen molar-refractivity contribution in [2.45, 2.75) is 21.6 Å². The topological polar surface area (TPSA) is 389 Å². The summed E-state index contributed by atoms with van der Waals surface area (Å²) in [6.07, 6.45) is 0. The minimum absolute atomic E-state index is 0. The molecule has 0 unspecified atom stereocenters. The predicted molar refractivity (Wildman–Crippen MR) is 198 cm³/mol. The molecule has 23 heteroatoms. The van der Waals surface area contributed by atoms with Crippen molar-refractivity contribution in [2.75, 3.05) is 5.32 Å². The maximum Gasteiger partial charge on any atom is 2.00 e. The Morgan fingerprint density at radius 1 is 0.536 bits per heavy atom. The van der Waals surface area contributed by atoms with Crippen molar-refractivity contribution in [3.63, 3.8) is 0 Å². The van der Waals surface area contributed by atoms with Crippen LogP contribution in [-0.4, -0.2) is 38.9 Å². The van der Waals surface area contributed by atoms with Crippen LogP contribution in [0.3, 0.4) is 0 Å². The van der Waals surface area contributed by atoms with E-state index in [-0.39, 0.29) is 74.3 Å². The van der Waals surface area contributed by atoms with Gasteiger partial charge in [-0.15, -0.1) is 5.11 Å². The number of rotatable bonds is 9. The van der Waals surface area contributed by atoms with Crippen LogP contribution in [0, 0.1) is 6.92 Å². The summed E-state index contributed by atoms with van der Waals surface area (Å²) in [6, 6.07) is 21.5. The molecule has 56 heavy (non-hydrogen) atoms. The fourth-order valence-corrected chi connectivity index (χ4v) is 7.28. The molecule has 0 fully saturated rings. The second kappa shape index (κ2) is 17.6. The minimum Gasteiger partial charge on any atom is -0.871 e. The Hall–Kier alpha value is -5.43. The molecule has 299 valence electrons. The summed E-state index contributed by atoms with van der Waals surface area (Å²) in [5, 5.41) is 44.1. The molecule has 0 aromatic heterocycles. The first kappa shape index (κ1) is 46.7. The SMILES string of the molecule is Cc1cc(N=Nc2c(S(=O)(=O)[O-])cc3cc(Nc4ccccc4)ccc3c2[O-])c([O-])cc1N=Nc1cc(S(=O)(=O)[O-])c2cccc(S(=O)(=O)[O-])c2c1.[Cu+2].[NH4+].[NH4+].[NH4+]. The average molecular weight is 876 g/mol. The summed E-state index contributed by atoms with van der Waals surface area (Å²) in [6.45, 7) is 1.45. The number of hydrogen-bond acceptors (Lipinski definition) is 16. The van der Waals surface area contributed by atoms with Crippen molar-refractivity contribution in [1.82, 2.24) is 18.5 Å². The van der Waals surface area contributed by atoms with Gasteiger partial charge in [-0.05, 0) is 83.9 Å². The van der Waals surface area contributed by atoms with E-state index < -0.39 is 67.6 Å². The van der Waals surface area contributed by atoms with Gasteiger partial charge in [-0.25, -0.2) is 25.3 Å². The number of nitrogens with zero attached hydrogens (tertiary/aromatic N) is 4. The zero-order valence-electron chi connectivity index (χ0n) is 29.5. The van der Waals surface area contributed by atoms with Gasteiger partial charge in [0.25, 0.3) is 0 Å². The molecule has 19 nitrogen and oxygen atoms in total. The fourth-order valence-electron chi connectivity index (χ4n) is 5.24. The van der Waals surface area contributed by atoms with Gasteiger partial charge in [0, 0.05) is 22.1 Å². The number of hydrogen-bond donors (Lipinski definition) is 4. The molecule has 0 saturated heterocycles. The number of nitrogens with one attached hydrogen (secondary N) is 1. The molecular formula is C33H32CuN8O11S3. The van der Waals surface area contributed by atoms with Gasteiger partial charge in [0.2, 0.25) is 0 Å². The van der Waals surface area contributed by atoms with Crippen LogP contribution >= 0.6 is 0 Å². The van der Waals surface area contributed by atoms with Crippen molar-refractivity contribution in [1.29, 1.82) is 0 Å². The van der Waals surface area contributed by atoms with Gasteiger partial charge in [0.15, 0.2) is 0 Å². The molecule has 0 bridgehead atoms. The normalized spacial score (nSPS) is 11.8. The number of aryl methyl sites for hydroxylation is 1. The van der Waals surface area contributed by atoms with Gasteiger partial charge in [-0.1, -0.05) is 47.9 Å². The van der Waals surface area contributed by atoms with Crippen LogP contribution in [-0.2, 0) is 47.4 Å². The second-order valence-electron chi connectivity index (χ2n) is 11.1. The first-order chi connectivity index (χ1) is 24.4. The fraction of sp³-hybridized carbons (Fsp3) is 0.0303. The molecule has 0 atom stereocenters. The summed E-state index contributed by atoms with van der Waals surface area (Å²) in [5.74, 6) is -1.78. The van der Waals surface area contributed by atoms with Gasteiger partial charge in [0.05, 0.1) is 37.4 Å². The Balaban J connectivity index is 0.00000271. The molecule has 0 aliphatic heterocycles. The van der Waals surface area contributed by atoms with Crippen molar-refractivity contribution >= 4 is 86.0 Å². The maximum atomic E-state index is 13.4. The quantitative estimate of drug-likeness (QED) is 0.0657. The summed E-state index contributed by atoms with van der Waals surface area (Å²) in [7, 11) is -15.6. The zero-order chi connectivity index (χ0) is 37.6. The molecule has 0 saturated carbocycles. The molecule has 0 aliphatic carbocycles. The van der Waals surface area contributed by atoms with Crippen molar-refractivity contribution in [3.05, 3.63) is 103 Å². The average Bonchev–Trinajstić information content (AvgIpc) is 3.06.